The number of anilines is 5. The van der Waals surface area contributed by atoms with Gasteiger partial charge in [-0.1, -0.05) is 0 Å². The van der Waals surface area contributed by atoms with Gasteiger partial charge in [-0.15, -0.1) is 0 Å². The van der Waals surface area contributed by atoms with E-state index in [2.05, 4.69) is 43.2 Å². The van der Waals surface area contributed by atoms with Crippen LogP contribution in [0.15, 0.2) is 54.9 Å². The zero-order valence-corrected chi connectivity index (χ0v) is 15.1. The summed E-state index contributed by atoms with van der Waals surface area (Å²) in [5.41, 5.74) is 8.26. The minimum atomic E-state index is -0.975. The molecular formula is C17H14IN5O2. The summed E-state index contributed by atoms with van der Waals surface area (Å²) >= 11 is 2.23. The van der Waals surface area contributed by atoms with E-state index in [1.165, 1.54) is 18.5 Å². The number of aromatic nitrogens is 2. The number of nitrogens with zero attached hydrogens (tertiary/aromatic N) is 2. The fourth-order valence-corrected chi connectivity index (χ4v) is 2.46. The van der Waals surface area contributed by atoms with E-state index in [1.54, 1.807) is 12.1 Å². The number of carbonyl (C=O) groups is 1. The highest BCUT2D eigenvalue weighted by atomic mass is 127. The summed E-state index contributed by atoms with van der Waals surface area (Å²) < 4.78 is 1.13. The van der Waals surface area contributed by atoms with Crippen LogP contribution in [-0.2, 0) is 0 Å². The lowest BCUT2D eigenvalue weighted by Crippen LogP contribution is -2.05. The zero-order chi connectivity index (χ0) is 17.8. The maximum atomic E-state index is 10.9. The van der Waals surface area contributed by atoms with Gasteiger partial charge in [-0.2, -0.15) is 0 Å². The first-order valence-electron chi connectivity index (χ1n) is 7.26. The summed E-state index contributed by atoms with van der Waals surface area (Å²) in [6.45, 7) is 0. The Morgan fingerprint density at radius 1 is 0.920 bits per heavy atom. The van der Waals surface area contributed by atoms with Crippen molar-refractivity contribution in [3.63, 3.8) is 0 Å². The van der Waals surface area contributed by atoms with Crippen molar-refractivity contribution in [2.75, 3.05) is 16.4 Å². The lowest BCUT2D eigenvalue weighted by Gasteiger charge is -2.12. The van der Waals surface area contributed by atoms with Gasteiger partial charge < -0.3 is 21.5 Å². The molecule has 1 aromatic heterocycles. The normalized spacial score (nSPS) is 10.3. The van der Waals surface area contributed by atoms with E-state index < -0.39 is 5.97 Å². The Bertz CT molecular complexity index is 898. The summed E-state index contributed by atoms with van der Waals surface area (Å²) in [5, 5.41) is 15.1. The van der Waals surface area contributed by atoms with E-state index in [9.17, 15) is 4.79 Å². The van der Waals surface area contributed by atoms with Gasteiger partial charge in [0, 0.05) is 14.9 Å². The molecule has 5 N–H and O–H groups in total. The van der Waals surface area contributed by atoms with Gasteiger partial charge in [0.2, 0.25) is 0 Å². The van der Waals surface area contributed by atoms with Crippen LogP contribution in [-0.4, -0.2) is 21.0 Å². The molecule has 0 bridgehead atoms. The number of benzene rings is 2. The third-order valence-electron chi connectivity index (χ3n) is 3.39. The van der Waals surface area contributed by atoms with Crippen molar-refractivity contribution in [3.8, 4) is 0 Å². The van der Waals surface area contributed by atoms with E-state index in [1.807, 2.05) is 24.3 Å². The Morgan fingerprint density at radius 2 is 1.40 bits per heavy atom. The van der Waals surface area contributed by atoms with Crippen molar-refractivity contribution >= 4 is 57.3 Å². The molecule has 0 spiro atoms. The second-order valence-corrected chi connectivity index (χ2v) is 6.37. The molecule has 0 atom stereocenters. The number of rotatable bonds is 5. The number of hydrogen-bond donors (Lipinski definition) is 4. The Labute approximate surface area is 157 Å². The summed E-state index contributed by atoms with van der Waals surface area (Å²) in [7, 11) is 0. The molecule has 8 heteroatoms. The number of nitrogens with two attached hydrogens (primary N) is 1. The molecule has 0 fully saturated rings. The van der Waals surface area contributed by atoms with Crippen LogP contribution < -0.4 is 16.4 Å². The molecule has 0 unspecified atom stereocenters. The number of carboxylic acid groups (broad SMARTS) is 1. The minimum absolute atomic E-state index is 0.210. The molecule has 0 aliphatic carbocycles. The Morgan fingerprint density at radius 3 is 1.88 bits per heavy atom. The highest BCUT2D eigenvalue weighted by Gasteiger charge is 2.09. The predicted octanol–water partition coefficient (Wildman–Crippen LogP) is 3.85. The number of hydrogen-bond acceptors (Lipinski definition) is 6. The van der Waals surface area contributed by atoms with Gasteiger partial charge in [-0.25, -0.2) is 14.8 Å². The molecule has 7 nitrogen and oxygen atoms in total. The van der Waals surface area contributed by atoms with Gasteiger partial charge in [-0.05, 0) is 71.1 Å². The third-order valence-corrected chi connectivity index (χ3v) is 4.10. The minimum Gasteiger partial charge on any atom is -0.478 e. The summed E-state index contributed by atoms with van der Waals surface area (Å²) in [4.78, 5) is 19.2. The number of nitrogen functional groups attached to an aromatic ring is 1. The maximum Gasteiger partial charge on any atom is 0.335 e. The van der Waals surface area contributed by atoms with E-state index in [0.717, 1.165) is 9.26 Å². The summed E-state index contributed by atoms with van der Waals surface area (Å²) in [6, 6.07) is 14.1. The van der Waals surface area contributed by atoms with Crippen LogP contribution in [0.4, 0.5) is 28.7 Å². The Kier molecular flexibility index (Phi) is 4.98. The van der Waals surface area contributed by atoms with Gasteiger partial charge in [0.25, 0.3) is 0 Å². The van der Waals surface area contributed by atoms with Crippen LogP contribution in [0.3, 0.4) is 0 Å². The van der Waals surface area contributed by atoms with Crippen molar-refractivity contribution in [2.45, 2.75) is 0 Å². The third kappa shape index (κ3) is 4.15. The van der Waals surface area contributed by atoms with Gasteiger partial charge in [0.05, 0.1) is 5.56 Å². The number of nitrogens with one attached hydrogen (secondary N) is 2. The van der Waals surface area contributed by atoms with Crippen molar-refractivity contribution in [3.05, 3.63) is 64.0 Å². The van der Waals surface area contributed by atoms with Gasteiger partial charge >= 0.3 is 5.97 Å². The molecule has 0 aliphatic rings. The van der Waals surface area contributed by atoms with Crippen LogP contribution in [0.2, 0.25) is 0 Å². The second kappa shape index (κ2) is 7.34. The molecule has 126 valence electrons. The second-order valence-electron chi connectivity index (χ2n) is 5.12. The lowest BCUT2D eigenvalue weighted by atomic mass is 10.2. The van der Waals surface area contributed by atoms with E-state index in [-0.39, 0.29) is 5.56 Å². The average Bonchev–Trinajstić information content (AvgIpc) is 2.61. The van der Waals surface area contributed by atoms with Gasteiger partial charge in [0.1, 0.15) is 12.0 Å². The fraction of sp³-hybridized carbons (Fsp3) is 0. The number of carboxylic acids is 1. The number of halogens is 1. The van der Waals surface area contributed by atoms with Crippen molar-refractivity contribution in [2.24, 2.45) is 0 Å². The molecule has 25 heavy (non-hydrogen) atoms. The van der Waals surface area contributed by atoms with Gasteiger partial charge in [0.15, 0.2) is 11.6 Å². The molecule has 1 heterocycles. The van der Waals surface area contributed by atoms with E-state index >= 15 is 0 Å². The van der Waals surface area contributed by atoms with Crippen LogP contribution in [0, 0.1) is 3.57 Å². The molecule has 2 aromatic carbocycles. The van der Waals surface area contributed by atoms with Crippen molar-refractivity contribution in [1.29, 1.82) is 0 Å². The summed E-state index contributed by atoms with van der Waals surface area (Å²) in [5.74, 6) is -0.0518. The van der Waals surface area contributed by atoms with Gasteiger partial charge in [-0.3, -0.25) is 0 Å². The van der Waals surface area contributed by atoms with Crippen molar-refractivity contribution in [1.82, 2.24) is 9.97 Å². The highest BCUT2D eigenvalue weighted by molar-refractivity contribution is 14.1. The molecular weight excluding hydrogens is 433 g/mol. The Hall–Kier alpha value is -2.88. The van der Waals surface area contributed by atoms with Crippen LogP contribution in [0.1, 0.15) is 10.4 Å². The van der Waals surface area contributed by atoms with Crippen LogP contribution in [0.25, 0.3) is 0 Å². The zero-order valence-electron chi connectivity index (χ0n) is 12.9. The quantitative estimate of drug-likeness (QED) is 0.440. The highest BCUT2D eigenvalue weighted by Crippen LogP contribution is 2.28. The molecule has 0 saturated carbocycles. The monoisotopic (exact) mass is 447 g/mol. The first-order chi connectivity index (χ1) is 12.0. The fourth-order valence-electron chi connectivity index (χ4n) is 2.10. The van der Waals surface area contributed by atoms with E-state index in [0.29, 0.717) is 23.0 Å². The average molecular weight is 447 g/mol. The first kappa shape index (κ1) is 17.0. The standard InChI is InChI=1S/C17H14IN5O2/c18-11-3-7-13(8-4-11)23-16-14(19)15(20-9-21-16)22-12-5-1-10(2-6-12)17(24)25/h1-9H,19H2,(H,24,25)(H2,20,21,22,23). The van der Waals surface area contributed by atoms with E-state index in [4.69, 9.17) is 10.8 Å². The molecule has 0 aliphatic heterocycles. The smallest absolute Gasteiger partial charge is 0.335 e. The largest absolute Gasteiger partial charge is 0.478 e. The molecule has 3 rings (SSSR count). The number of aromatic carboxylic acids is 1. The van der Waals surface area contributed by atoms with Crippen molar-refractivity contribution < 1.29 is 9.90 Å². The lowest BCUT2D eigenvalue weighted by molar-refractivity contribution is 0.0697. The Balaban J connectivity index is 1.80. The maximum absolute atomic E-state index is 10.9. The molecule has 0 radical (unpaired) electrons. The topological polar surface area (TPSA) is 113 Å². The predicted molar refractivity (Wildman–Crippen MR) is 106 cm³/mol. The molecule has 0 saturated heterocycles. The van der Waals surface area contributed by atoms with Crippen LogP contribution in [0.5, 0.6) is 0 Å². The molecule has 3 aromatic rings. The van der Waals surface area contributed by atoms with Crippen LogP contribution >= 0.6 is 22.6 Å². The first-order valence-corrected chi connectivity index (χ1v) is 8.34. The SMILES string of the molecule is Nc1c(Nc2ccc(I)cc2)ncnc1Nc1ccc(C(=O)O)cc1. The summed E-state index contributed by atoms with van der Waals surface area (Å²) in [6.07, 6.45) is 1.40. The molecule has 0 amide bonds.